The molecule has 1 aliphatic carbocycles. The molecule has 0 spiro atoms. The SMILES string of the molecule is C/C=C/CCc1ccc(C2CC=C(c3ccc(CCCc4ccc(OCCCC)c(F)c4F)c(F)c3F)CC2)c(F)c1F. The molecule has 4 rings (SSSR count). The highest BCUT2D eigenvalue weighted by atomic mass is 19.2. The average molecular weight is 601 g/mol. The molecule has 1 unspecified atom stereocenters. The molecule has 0 radical (unpaired) electrons. The number of ether oxygens (including phenoxy) is 1. The smallest absolute Gasteiger partial charge is 0.200 e. The Morgan fingerprint density at radius 1 is 0.744 bits per heavy atom. The van der Waals surface area contributed by atoms with Gasteiger partial charge in [-0.2, -0.15) is 4.39 Å². The Bertz CT molecular complexity index is 1480. The van der Waals surface area contributed by atoms with Gasteiger partial charge in [0.25, 0.3) is 0 Å². The monoisotopic (exact) mass is 600 g/mol. The third-order valence-electron chi connectivity index (χ3n) is 8.14. The van der Waals surface area contributed by atoms with E-state index < -0.39 is 34.9 Å². The quantitative estimate of drug-likeness (QED) is 0.108. The standard InChI is InChI=1S/C36H38F6O/c1-3-5-7-9-25-16-19-28(34(40)31(25)37)23-12-14-24(15-13-23)29-20-17-26(32(38)35(29)41)10-8-11-27-18-21-30(36(42)33(27)39)43-22-6-4-2/h3,5,14,16-21,23H,4,6-13,15,22H2,1-2H3/b5-3+. The Morgan fingerprint density at radius 3 is 2.07 bits per heavy atom. The summed E-state index contributed by atoms with van der Waals surface area (Å²) in [6.45, 7) is 4.14. The molecule has 0 saturated carbocycles. The molecule has 0 bridgehead atoms. The minimum atomic E-state index is -1.04. The Kier molecular flexibility index (Phi) is 11.5. The summed E-state index contributed by atoms with van der Waals surface area (Å²) in [5.74, 6) is -5.99. The zero-order chi connectivity index (χ0) is 30.9. The lowest BCUT2D eigenvalue weighted by molar-refractivity contribution is 0.288. The molecule has 7 heteroatoms. The van der Waals surface area contributed by atoms with Crippen LogP contribution in [0.1, 0.15) is 92.5 Å². The molecule has 3 aromatic carbocycles. The van der Waals surface area contributed by atoms with Crippen LogP contribution < -0.4 is 4.74 Å². The van der Waals surface area contributed by atoms with Crippen LogP contribution in [0.2, 0.25) is 0 Å². The summed E-state index contributed by atoms with van der Waals surface area (Å²) in [5, 5.41) is 0. The molecule has 0 aromatic heterocycles. The first-order valence-corrected chi connectivity index (χ1v) is 15.1. The van der Waals surface area contributed by atoms with Crippen LogP contribution >= 0.6 is 0 Å². The molecule has 0 aliphatic heterocycles. The van der Waals surface area contributed by atoms with E-state index in [2.05, 4.69) is 0 Å². The number of allylic oxidation sites excluding steroid dienone is 4. The second-order valence-corrected chi connectivity index (χ2v) is 11.1. The van der Waals surface area contributed by atoms with Gasteiger partial charge in [0, 0.05) is 5.56 Å². The fourth-order valence-corrected chi connectivity index (χ4v) is 5.58. The van der Waals surface area contributed by atoms with Gasteiger partial charge in [-0.3, -0.25) is 0 Å². The largest absolute Gasteiger partial charge is 0.490 e. The van der Waals surface area contributed by atoms with E-state index in [0.717, 1.165) is 12.8 Å². The van der Waals surface area contributed by atoms with Crippen LogP contribution in [-0.4, -0.2) is 6.61 Å². The predicted octanol–water partition coefficient (Wildman–Crippen LogP) is 10.7. The highest BCUT2D eigenvalue weighted by molar-refractivity contribution is 5.67. The van der Waals surface area contributed by atoms with Crippen LogP contribution in [0.15, 0.2) is 54.6 Å². The zero-order valence-electron chi connectivity index (χ0n) is 24.7. The van der Waals surface area contributed by atoms with E-state index in [9.17, 15) is 17.6 Å². The van der Waals surface area contributed by atoms with Gasteiger partial charge in [0.1, 0.15) is 0 Å². The molecule has 3 aromatic rings. The van der Waals surface area contributed by atoms with Gasteiger partial charge in [-0.15, -0.1) is 0 Å². The van der Waals surface area contributed by atoms with E-state index in [4.69, 9.17) is 4.74 Å². The van der Waals surface area contributed by atoms with Gasteiger partial charge in [-0.05, 0) is 105 Å². The summed E-state index contributed by atoms with van der Waals surface area (Å²) in [6, 6.07) is 9.17. The number of hydrogen-bond acceptors (Lipinski definition) is 1. The molecule has 0 fully saturated rings. The summed E-state index contributed by atoms with van der Waals surface area (Å²) in [7, 11) is 0. The predicted molar refractivity (Wildman–Crippen MR) is 159 cm³/mol. The minimum absolute atomic E-state index is 0.132. The summed E-state index contributed by atoms with van der Waals surface area (Å²) in [5.41, 5.74) is 1.73. The molecular weight excluding hydrogens is 562 g/mol. The maximum atomic E-state index is 15.1. The van der Waals surface area contributed by atoms with Crippen molar-refractivity contribution >= 4 is 5.57 Å². The highest BCUT2D eigenvalue weighted by Gasteiger charge is 2.25. The highest BCUT2D eigenvalue weighted by Crippen LogP contribution is 2.39. The van der Waals surface area contributed by atoms with Crippen molar-refractivity contribution in [2.24, 2.45) is 0 Å². The minimum Gasteiger partial charge on any atom is -0.490 e. The van der Waals surface area contributed by atoms with Gasteiger partial charge in [0.05, 0.1) is 6.61 Å². The van der Waals surface area contributed by atoms with Crippen molar-refractivity contribution in [1.29, 1.82) is 0 Å². The lowest BCUT2D eigenvalue weighted by Crippen LogP contribution is -2.10. The summed E-state index contributed by atoms with van der Waals surface area (Å²) in [6.07, 6.45) is 10.1. The zero-order valence-corrected chi connectivity index (χ0v) is 24.7. The second kappa shape index (κ2) is 15.3. The van der Waals surface area contributed by atoms with Crippen LogP contribution in [0.5, 0.6) is 5.75 Å². The molecule has 0 saturated heterocycles. The second-order valence-electron chi connectivity index (χ2n) is 11.1. The van der Waals surface area contributed by atoms with Crippen molar-refractivity contribution in [3.05, 3.63) is 117 Å². The molecule has 43 heavy (non-hydrogen) atoms. The van der Waals surface area contributed by atoms with E-state index >= 15 is 8.78 Å². The molecule has 1 atom stereocenters. The Labute approximate surface area is 250 Å². The lowest BCUT2D eigenvalue weighted by Gasteiger charge is -2.24. The van der Waals surface area contributed by atoms with Crippen molar-refractivity contribution in [2.75, 3.05) is 6.61 Å². The first-order chi connectivity index (χ1) is 20.8. The summed E-state index contributed by atoms with van der Waals surface area (Å²) < 4.78 is 93.9. The first kappa shape index (κ1) is 32.4. The summed E-state index contributed by atoms with van der Waals surface area (Å²) in [4.78, 5) is 0. The van der Waals surface area contributed by atoms with E-state index in [1.165, 1.54) is 24.3 Å². The Morgan fingerprint density at radius 2 is 1.40 bits per heavy atom. The molecule has 230 valence electrons. The topological polar surface area (TPSA) is 9.23 Å². The van der Waals surface area contributed by atoms with Crippen molar-refractivity contribution in [1.82, 2.24) is 0 Å². The number of aryl methyl sites for hydroxylation is 3. The van der Waals surface area contributed by atoms with Gasteiger partial charge >= 0.3 is 0 Å². The van der Waals surface area contributed by atoms with Crippen LogP contribution in [0.3, 0.4) is 0 Å². The number of halogens is 6. The van der Waals surface area contributed by atoms with Crippen LogP contribution in [0, 0.1) is 34.9 Å². The van der Waals surface area contributed by atoms with E-state index in [1.807, 2.05) is 26.0 Å². The lowest BCUT2D eigenvalue weighted by atomic mass is 9.81. The van der Waals surface area contributed by atoms with Gasteiger partial charge < -0.3 is 4.74 Å². The maximum Gasteiger partial charge on any atom is 0.200 e. The third-order valence-corrected chi connectivity index (χ3v) is 8.14. The van der Waals surface area contributed by atoms with Gasteiger partial charge in [0.2, 0.25) is 5.82 Å². The van der Waals surface area contributed by atoms with Crippen LogP contribution in [0.4, 0.5) is 26.3 Å². The molecule has 1 nitrogen and oxygen atoms in total. The van der Waals surface area contributed by atoms with Gasteiger partial charge in [-0.1, -0.05) is 61.9 Å². The maximum absolute atomic E-state index is 15.1. The molecule has 0 amide bonds. The first-order valence-electron chi connectivity index (χ1n) is 15.1. The molecule has 1 aliphatic rings. The molecular formula is C36H38F6O. The number of unbranched alkanes of at least 4 members (excludes halogenated alkanes) is 1. The van der Waals surface area contributed by atoms with Crippen molar-refractivity contribution in [3.8, 4) is 5.75 Å². The fourth-order valence-electron chi connectivity index (χ4n) is 5.58. The van der Waals surface area contributed by atoms with Crippen LogP contribution in [-0.2, 0) is 19.3 Å². The van der Waals surface area contributed by atoms with E-state index in [0.29, 0.717) is 61.8 Å². The van der Waals surface area contributed by atoms with Crippen molar-refractivity contribution < 1.29 is 31.1 Å². The Hall–Kier alpha value is -3.48. The summed E-state index contributed by atoms with van der Waals surface area (Å²) >= 11 is 0. The van der Waals surface area contributed by atoms with Gasteiger partial charge in [-0.25, -0.2) is 22.0 Å². The molecule has 0 N–H and O–H groups in total. The molecule has 0 heterocycles. The number of benzene rings is 3. The third kappa shape index (κ3) is 7.73. The number of rotatable bonds is 13. The van der Waals surface area contributed by atoms with E-state index in [1.54, 1.807) is 18.2 Å². The van der Waals surface area contributed by atoms with Gasteiger partial charge in [0.15, 0.2) is 34.8 Å². The average Bonchev–Trinajstić information content (AvgIpc) is 3.01. The van der Waals surface area contributed by atoms with Crippen molar-refractivity contribution in [3.63, 3.8) is 0 Å². The number of hydrogen-bond donors (Lipinski definition) is 0. The van der Waals surface area contributed by atoms with Crippen LogP contribution in [0.25, 0.3) is 5.57 Å². The Balaban J connectivity index is 1.38. The normalized spacial score (nSPS) is 15.3. The fraction of sp³-hybridized carbons (Fsp3) is 0.389. The van der Waals surface area contributed by atoms with Crippen molar-refractivity contribution in [2.45, 2.75) is 84.0 Å². The van der Waals surface area contributed by atoms with E-state index in [-0.39, 0.29) is 41.2 Å².